The van der Waals surface area contributed by atoms with Crippen molar-refractivity contribution in [3.8, 4) is 0 Å². The van der Waals surface area contributed by atoms with E-state index in [0.29, 0.717) is 18.5 Å². The number of aryl methyl sites for hydroxylation is 2. The van der Waals surface area contributed by atoms with Crippen LogP contribution in [-0.2, 0) is 33.6 Å². The Morgan fingerprint density at radius 1 is 1.03 bits per heavy atom. The van der Waals surface area contributed by atoms with Crippen LogP contribution in [0.2, 0.25) is 0 Å². The maximum atomic E-state index is 12.2. The van der Waals surface area contributed by atoms with Crippen molar-refractivity contribution in [2.75, 3.05) is 18.9 Å². The molecule has 0 unspecified atom stereocenters. The minimum atomic E-state index is -0.393. The molecule has 0 spiro atoms. The molecule has 0 heterocycles. The third-order valence-electron chi connectivity index (χ3n) is 4.85. The summed E-state index contributed by atoms with van der Waals surface area (Å²) in [6.45, 7) is 1.78. The predicted molar refractivity (Wildman–Crippen MR) is 113 cm³/mol. The van der Waals surface area contributed by atoms with E-state index in [1.807, 2.05) is 18.2 Å². The minimum absolute atomic E-state index is 0.0621. The number of ketones is 1. The summed E-state index contributed by atoms with van der Waals surface area (Å²) in [5, 5.41) is 2.73. The van der Waals surface area contributed by atoms with Gasteiger partial charge in [-0.2, -0.15) is 0 Å². The van der Waals surface area contributed by atoms with Crippen molar-refractivity contribution in [2.45, 2.75) is 37.5 Å². The van der Waals surface area contributed by atoms with Crippen molar-refractivity contribution in [1.82, 2.24) is 5.32 Å². The fourth-order valence-corrected chi connectivity index (χ4v) is 4.05. The number of fused-ring (bicyclic) bond motifs is 1. The van der Waals surface area contributed by atoms with Crippen LogP contribution in [0.25, 0.3) is 0 Å². The zero-order valence-corrected chi connectivity index (χ0v) is 17.3. The first kappa shape index (κ1) is 21.1. The Morgan fingerprint density at radius 2 is 1.79 bits per heavy atom. The fraction of sp³-hybridized carbons (Fsp3) is 0.348. The van der Waals surface area contributed by atoms with Crippen LogP contribution in [0.1, 0.15) is 40.4 Å². The molecule has 0 aliphatic heterocycles. The number of hydrogen-bond acceptors (Lipinski definition) is 5. The molecule has 1 amide bonds. The SMILES string of the molecule is CC(=O)NCCc1ccc(C(=O)COC(=O)CSc2ccc3c(c2)CCC3)cc1. The molecular formula is C23H25NO4S. The van der Waals surface area contributed by atoms with Crippen molar-refractivity contribution in [3.05, 3.63) is 64.7 Å². The van der Waals surface area contributed by atoms with E-state index in [4.69, 9.17) is 4.74 Å². The van der Waals surface area contributed by atoms with E-state index < -0.39 is 5.97 Å². The lowest BCUT2D eigenvalue weighted by Gasteiger charge is -2.07. The molecule has 152 valence electrons. The summed E-state index contributed by atoms with van der Waals surface area (Å²) in [5.41, 5.74) is 4.31. The van der Waals surface area contributed by atoms with Crippen LogP contribution in [0.5, 0.6) is 0 Å². The molecule has 2 aromatic carbocycles. The molecule has 0 bridgehead atoms. The summed E-state index contributed by atoms with van der Waals surface area (Å²) in [6.07, 6.45) is 4.14. The maximum Gasteiger partial charge on any atom is 0.316 e. The first-order valence-electron chi connectivity index (χ1n) is 9.78. The third kappa shape index (κ3) is 6.46. The van der Waals surface area contributed by atoms with Gasteiger partial charge in [0.05, 0.1) is 5.75 Å². The number of rotatable bonds is 9. The number of carbonyl (C=O) groups excluding carboxylic acids is 3. The molecule has 5 nitrogen and oxygen atoms in total. The molecule has 1 aliphatic rings. The molecule has 0 aromatic heterocycles. The topological polar surface area (TPSA) is 72.5 Å². The molecule has 0 saturated heterocycles. The number of Topliss-reactive ketones (excluding diaryl/α,β-unsaturated/α-hetero) is 1. The van der Waals surface area contributed by atoms with Gasteiger partial charge in [-0.1, -0.05) is 30.3 Å². The van der Waals surface area contributed by atoms with Gasteiger partial charge in [0.15, 0.2) is 12.4 Å². The molecule has 0 fully saturated rings. The van der Waals surface area contributed by atoms with Crippen LogP contribution >= 0.6 is 11.8 Å². The molecular weight excluding hydrogens is 386 g/mol. The lowest BCUT2D eigenvalue weighted by Crippen LogP contribution is -2.22. The van der Waals surface area contributed by atoms with Gasteiger partial charge >= 0.3 is 5.97 Å². The average molecular weight is 412 g/mol. The molecule has 0 saturated carbocycles. The van der Waals surface area contributed by atoms with Gasteiger partial charge in [-0.3, -0.25) is 14.4 Å². The standard InChI is InChI=1S/C23H25NO4S/c1-16(25)24-12-11-17-5-7-19(8-6-17)22(26)14-28-23(27)15-29-21-10-9-18-3-2-4-20(18)13-21/h5-10,13H,2-4,11-12,14-15H2,1H3,(H,24,25). The molecule has 6 heteroatoms. The van der Waals surface area contributed by atoms with Gasteiger partial charge in [0.25, 0.3) is 0 Å². The summed E-state index contributed by atoms with van der Waals surface area (Å²) in [5.74, 6) is -0.494. The summed E-state index contributed by atoms with van der Waals surface area (Å²) in [7, 11) is 0. The van der Waals surface area contributed by atoms with Gasteiger partial charge in [-0.15, -0.1) is 11.8 Å². The first-order chi connectivity index (χ1) is 14.0. The molecule has 3 rings (SSSR count). The molecule has 0 radical (unpaired) electrons. The number of benzene rings is 2. The van der Waals surface area contributed by atoms with Crippen LogP contribution in [0.15, 0.2) is 47.4 Å². The Bertz CT molecular complexity index is 892. The lowest BCUT2D eigenvalue weighted by molar-refractivity contribution is -0.139. The second-order valence-corrected chi connectivity index (χ2v) is 8.14. The highest BCUT2D eigenvalue weighted by Crippen LogP contribution is 2.27. The number of thioether (sulfide) groups is 1. The van der Waals surface area contributed by atoms with Crippen LogP contribution < -0.4 is 5.32 Å². The van der Waals surface area contributed by atoms with Gasteiger partial charge in [-0.05, 0) is 54.5 Å². The van der Waals surface area contributed by atoms with E-state index in [9.17, 15) is 14.4 Å². The van der Waals surface area contributed by atoms with E-state index in [0.717, 1.165) is 23.3 Å². The zero-order chi connectivity index (χ0) is 20.6. The number of hydrogen-bond donors (Lipinski definition) is 1. The fourth-order valence-electron chi connectivity index (χ4n) is 3.29. The van der Waals surface area contributed by atoms with E-state index in [1.54, 1.807) is 12.1 Å². The third-order valence-corrected chi connectivity index (χ3v) is 5.82. The Hall–Kier alpha value is -2.60. The van der Waals surface area contributed by atoms with E-state index in [-0.39, 0.29) is 24.1 Å². The van der Waals surface area contributed by atoms with Gasteiger partial charge in [-0.25, -0.2) is 0 Å². The van der Waals surface area contributed by atoms with Gasteiger partial charge in [0.2, 0.25) is 5.91 Å². The van der Waals surface area contributed by atoms with Crippen LogP contribution in [0.3, 0.4) is 0 Å². The number of nitrogens with one attached hydrogen (secondary N) is 1. The smallest absolute Gasteiger partial charge is 0.316 e. The number of amides is 1. The monoisotopic (exact) mass is 411 g/mol. The van der Waals surface area contributed by atoms with Crippen molar-refractivity contribution < 1.29 is 19.1 Å². The highest BCUT2D eigenvalue weighted by Gasteiger charge is 2.13. The summed E-state index contributed by atoms with van der Waals surface area (Å²) in [4.78, 5) is 36.1. The molecule has 0 atom stereocenters. The molecule has 2 aromatic rings. The number of ether oxygens (including phenoxy) is 1. The van der Waals surface area contributed by atoms with Gasteiger partial charge in [0.1, 0.15) is 0 Å². The quantitative estimate of drug-likeness (QED) is 0.389. The summed E-state index contributed by atoms with van der Waals surface area (Å²) in [6, 6.07) is 13.5. The van der Waals surface area contributed by atoms with Crippen molar-refractivity contribution in [2.24, 2.45) is 0 Å². The number of esters is 1. The summed E-state index contributed by atoms with van der Waals surface area (Å²) >= 11 is 1.44. The normalized spacial score (nSPS) is 12.3. The Balaban J connectivity index is 1.40. The van der Waals surface area contributed by atoms with Crippen LogP contribution in [-0.4, -0.2) is 36.6 Å². The molecule has 1 N–H and O–H groups in total. The molecule has 29 heavy (non-hydrogen) atoms. The largest absolute Gasteiger partial charge is 0.457 e. The minimum Gasteiger partial charge on any atom is -0.457 e. The van der Waals surface area contributed by atoms with Gasteiger partial charge < -0.3 is 10.1 Å². The number of carbonyl (C=O) groups is 3. The van der Waals surface area contributed by atoms with Gasteiger partial charge in [0, 0.05) is 23.9 Å². The van der Waals surface area contributed by atoms with Crippen LogP contribution in [0, 0.1) is 0 Å². The van der Waals surface area contributed by atoms with Crippen molar-refractivity contribution >= 4 is 29.4 Å². The highest BCUT2D eigenvalue weighted by molar-refractivity contribution is 8.00. The van der Waals surface area contributed by atoms with E-state index >= 15 is 0 Å². The lowest BCUT2D eigenvalue weighted by atomic mass is 10.1. The highest BCUT2D eigenvalue weighted by atomic mass is 32.2. The van der Waals surface area contributed by atoms with Crippen molar-refractivity contribution in [3.63, 3.8) is 0 Å². The Labute approximate surface area is 175 Å². The predicted octanol–water partition coefficient (Wildman–Crippen LogP) is 3.37. The second-order valence-electron chi connectivity index (χ2n) is 7.09. The second kappa shape index (κ2) is 10.3. The van der Waals surface area contributed by atoms with E-state index in [1.165, 1.54) is 36.2 Å². The maximum absolute atomic E-state index is 12.2. The Kier molecular flexibility index (Phi) is 7.47. The first-order valence-corrected chi connectivity index (χ1v) is 10.8. The molecule has 1 aliphatic carbocycles. The summed E-state index contributed by atoms with van der Waals surface area (Å²) < 4.78 is 5.14. The average Bonchev–Trinajstić information content (AvgIpc) is 3.18. The van der Waals surface area contributed by atoms with Crippen LogP contribution in [0.4, 0.5) is 0 Å². The zero-order valence-electron chi connectivity index (χ0n) is 16.5. The van der Waals surface area contributed by atoms with Crippen molar-refractivity contribution in [1.29, 1.82) is 0 Å². The Morgan fingerprint density at radius 3 is 2.55 bits per heavy atom. The van der Waals surface area contributed by atoms with E-state index in [2.05, 4.69) is 17.4 Å².